The number of anilines is 1. The number of carbonyl (C=O) groups excluding carboxylic acids is 3. The Kier molecular flexibility index (Phi) is 8.84. The molecule has 2 aromatic rings. The Hall–Kier alpha value is -3.20. The second kappa shape index (κ2) is 11.6. The molecule has 0 aliphatic carbocycles. The first-order chi connectivity index (χ1) is 14.0. The van der Waals surface area contributed by atoms with Gasteiger partial charge in [-0.1, -0.05) is 12.1 Å². The van der Waals surface area contributed by atoms with Crippen molar-refractivity contribution in [2.24, 2.45) is 0 Å². The van der Waals surface area contributed by atoms with Crippen LogP contribution in [0.3, 0.4) is 0 Å². The maximum Gasteiger partial charge on any atom is 0.276 e. The molecule has 2 aromatic carbocycles. The topological polar surface area (TPSA) is 106 Å². The van der Waals surface area contributed by atoms with Crippen LogP contribution < -0.4 is 25.6 Å². The molecule has 0 fully saturated rings. The fraction of sp³-hybridized carbons (Fsp3) is 0.250. The van der Waals surface area contributed by atoms with E-state index in [9.17, 15) is 14.4 Å². The third-order valence-electron chi connectivity index (χ3n) is 3.54. The van der Waals surface area contributed by atoms with Gasteiger partial charge in [-0.3, -0.25) is 25.2 Å². The van der Waals surface area contributed by atoms with E-state index < -0.39 is 11.8 Å². The van der Waals surface area contributed by atoms with E-state index in [0.717, 1.165) is 17.3 Å². The average molecular weight is 417 g/mol. The fourth-order valence-electron chi connectivity index (χ4n) is 2.17. The molecule has 0 bridgehead atoms. The number of aryl methyl sites for hydroxylation is 1. The van der Waals surface area contributed by atoms with Crippen molar-refractivity contribution in [1.29, 1.82) is 0 Å². The molecule has 9 heteroatoms. The van der Waals surface area contributed by atoms with Crippen LogP contribution in [0.1, 0.15) is 5.56 Å². The summed E-state index contributed by atoms with van der Waals surface area (Å²) in [7, 11) is 1.56. The van der Waals surface area contributed by atoms with Gasteiger partial charge in [0.2, 0.25) is 11.8 Å². The highest BCUT2D eigenvalue weighted by atomic mass is 32.2. The molecule has 8 nitrogen and oxygen atoms in total. The Bertz CT molecular complexity index is 842. The lowest BCUT2D eigenvalue weighted by molar-refractivity contribution is -0.128. The lowest BCUT2D eigenvalue weighted by Gasteiger charge is -2.09. The normalized spacial score (nSPS) is 10.0. The van der Waals surface area contributed by atoms with Crippen molar-refractivity contribution >= 4 is 35.2 Å². The monoisotopic (exact) mass is 417 g/mol. The van der Waals surface area contributed by atoms with E-state index in [2.05, 4.69) is 16.2 Å². The van der Waals surface area contributed by atoms with Crippen LogP contribution in [0.25, 0.3) is 0 Å². The van der Waals surface area contributed by atoms with E-state index in [1.807, 2.05) is 19.1 Å². The van der Waals surface area contributed by atoms with E-state index in [4.69, 9.17) is 9.47 Å². The molecule has 2 rings (SSSR count). The van der Waals surface area contributed by atoms with Crippen molar-refractivity contribution in [2.75, 3.05) is 30.5 Å². The number of benzene rings is 2. The van der Waals surface area contributed by atoms with Gasteiger partial charge in [0.15, 0.2) is 6.61 Å². The number of ether oxygens (including phenoxy) is 2. The lowest BCUT2D eigenvalue weighted by Crippen LogP contribution is -2.44. The molecule has 0 aromatic heterocycles. The van der Waals surface area contributed by atoms with Gasteiger partial charge < -0.3 is 14.8 Å². The second-order valence-corrected chi connectivity index (χ2v) is 6.96. The third-order valence-corrected chi connectivity index (χ3v) is 4.47. The van der Waals surface area contributed by atoms with E-state index in [-0.39, 0.29) is 24.0 Å². The van der Waals surface area contributed by atoms with Crippen molar-refractivity contribution in [3.05, 3.63) is 54.1 Å². The molecule has 0 saturated carbocycles. The van der Waals surface area contributed by atoms with E-state index in [1.165, 1.54) is 0 Å². The van der Waals surface area contributed by atoms with E-state index >= 15 is 0 Å². The molecule has 0 atom stereocenters. The minimum absolute atomic E-state index is 0.0229. The van der Waals surface area contributed by atoms with Gasteiger partial charge >= 0.3 is 0 Å². The van der Waals surface area contributed by atoms with Crippen molar-refractivity contribution in [3.63, 3.8) is 0 Å². The number of thioether (sulfide) groups is 1. The summed E-state index contributed by atoms with van der Waals surface area (Å²) in [5.74, 6) is 0.255. The molecule has 0 radical (unpaired) electrons. The van der Waals surface area contributed by atoms with Crippen LogP contribution in [-0.2, 0) is 14.4 Å². The molecule has 29 heavy (non-hydrogen) atoms. The number of methoxy groups -OCH3 is 1. The summed E-state index contributed by atoms with van der Waals surface area (Å²) in [5.41, 5.74) is 6.21. The zero-order valence-corrected chi connectivity index (χ0v) is 17.0. The van der Waals surface area contributed by atoms with Crippen LogP contribution in [0.2, 0.25) is 0 Å². The first-order valence-corrected chi connectivity index (χ1v) is 9.90. The minimum atomic E-state index is -0.484. The van der Waals surface area contributed by atoms with Crippen molar-refractivity contribution in [1.82, 2.24) is 10.9 Å². The summed E-state index contributed by atoms with van der Waals surface area (Å²) in [6.07, 6.45) is 0. The predicted octanol–water partition coefficient (Wildman–Crippen LogP) is 1.90. The third kappa shape index (κ3) is 8.56. The smallest absolute Gasteiger partial charge is 0.276 e. The molecule has 0 unspecified atom stereocenters. The molecular formula is C20H23N3O5S. The van der Waals surface area contributed by atoms with Gasteiger partial charge in [0.05, 0.1) is 18.6 Å². The summed E-state index contributed by atoms with van der Waals surface area (Å²) < 4.78 is 10.4. The SMILES string of the molecule is COc1ccc(NC(=O)CSCC(=O)NNC(=O)COc2cccc(C)c2)cc1. The van der Waals surface area contributed by atoms with Gasteiger partial charge in [-0.05, 0) is 48.9 Å². The quantitative estimate of drug-likeness (QED) is 0.538. The van der Waals surface area contributed by atoms with Crippen molar-refractivity contribution in [2.45, 2.75) is 6.92 Å². The highest BCUT2D eigenvalue weighted by molar-refractivity contribution is 8.00. The Morgan fingerprint density at radius 3 is 2.28 bits per heavy atom. The molecule has 3 N–H and O–H groups in total. The highest BCUT2D eigenvalue weighted by Gasteiger charge is 2.08. The van der Waals surface area contributed by atoms with Crippen LogP contribution in [0.4, 0.5) is 5.69 Å². The molecule has 0 heterocycles. The van der Waals surface area contributed by atoms with Gasteiger partial charge in [-0.2, -0.15) is 0 Å². The lowest BCUT2D eigenvalue weighted by atomic mass is 10.2. The number of hydrogen-bond acceptors (Lipinski definition) is 6. The highest BCUT2D eigenvalue weighted by Crippen LogP contribution is 2.15. The molecule has 3 amide bonds. The van der Waals surface area contributed by atoms with Crippen LogP contribution in [-0.4, -0.2) is 42.9 Å². The van der Waals surface area contributed by atoms with Crippen LogP contribution in [0.15, 0.2) is 48.5 Å². The van der Waals surface area contributed by atoms with E-state index in [1.54, 1.807) is 43.5 Å². The first-order valence-electron chi connectivity index (χ1n) is 8.75. The number of rotatable bonds is 9. The Morgan fingerprint density at radius 2 is 1.59 bits per heavy atom. The number of hydrogen-bond donors (Lipinski definition) is 3. The molecular weight excluding hydrogens is 394 g/mol. The molecule has 0 aliphatic rings. The Balaban J connectivity index is 1.58. The summed E-state index contributed by atoms with van der Waals surface area (Å²) in [6.45, 7) is 1.70. The summed E-state index contributed by atoms with van der Waals surface area (Å²) >= 11 is 1.13. The maximum atomic E-state index is 11.9. The van der Waals surface area contributed by atoms with Crippen molar-refractivity contribution in [3.8, 4) is 11.5 Å². The average Bonchev–Trinajstić information content (AvgIpc) is 2.71. The first kappa shape index (κ1) is 22.1. The Labute approximate surface area is 173 Å². The summed E-state index contributed by atoms with van der Waals surface area (Å²) in [6, 6.07) is 14.2. The van der Waals surface area contributed by atoms with Crippen LogP contribution in [0.5, 0.6) is 11.5 Å². The number of nitrogens with one attached hydrogen (secondary N) is 3. The summed E-state index contributed by atoms with van der Waals surface area (Å²) in [5, 5.41) is 2.72. The fourth-order valence-corrected chi connectivity index (χ4v) is 2.79. The number of carbonyl (C=O) groups is 3. The van der Waals surface area contributed by atoms with Gasteiger partial charge in [-0.15, -0.1) is 11.8 Å². The molecule has 0 saturated heterocycles. The zero-order valence-electron chi connectivity index (χ0n) is 16.2. The molecule has 154 valence electrons. The number of amides is 3. The second-order valence-electron chi connectivity index (χ2n) is 5.97. The zero-order chi connectivity index (χ0) is 21.1. The predicted molar refractivity (Wildman–Crippen MR) is 112 cm³/mol. The summed E-state index contributed by atoms with van der Waals surface area (Å²) in [4.78, 5) is 35.3. The minimum Gasteiger partial charge on any atom is -0.497 e. The largest absolute Gasteiger partial charge is 0.497 e. The van der Waals surface area contributed by atoms with Crippen LogP contribution in [0, 0.1) is 6.92 Å². The standard InChI is InChI=1S/C20H23N3O5S/c1-14-4-3-5-17(10-14)28-11-18(24)22-23-20(26)13-29-12-19(25)21-15-6-8-16(27-2)9-7-15/h3-10H,11-13H2,1-2H3,(H,21,25)(H,22,24)(H,23,26). The van der Waals surface area contributed by atoms with Gasteiger partial charge in [0.25, 0.3) is 5.91 Å². The van der Waals surface area contributed by atoms with Gasteiger partial charge in [0.1, 0.15) is 11.5 Å². The van der Waals surface area contributed by atoms with Gasteiger partial charge in [-0.25, -0.2) is 0 Å². The number of hydrazine groups is 1. The molecule has 0 spiro atoms. The van der Waals surface area contributed by atoms with Gasteiger partial charge in [0, 0.05) is 5.69 Å². The Morgan fingerprint density at radius 1 is 0.897 bits per heavy atom. The molecule has 0 aliphatic heterocycles. The van der Waals surface area contributed by atoms with E-state index in [0.29, 0.717) is 17.2 Å². The van der Waals surface area contributed by atoms with Crippen LogP contribution >= 0.6 is 11.8 Å². The maximum absolute atomic E-state index is 11.9. The van der Waals surface area contributed by atoms with Crippen molar-refractivity contribution < 1.29 is 23.9 Å².